The van der Waals surface area contributed by atoms with Crippen molar-refractivity contribution < 1.29 is 4.79 Å². The number of hydrogen-bond acceptors (Lipinski definition) is 3. The summed E-state index contributed by atoms with van der Waals surface area (Å²) in [5, 5.41) is 11.9. The van der Waals surface area contributed by atoms with Gasteiger partial charge < -0.3 is 5.32 Å². The first-order valence-corrected chi connectivity index (χ1v) is 7.51. The van der Waals surface area contributed by atoms with E-state index in [9.17, 15) is 4.79 Å². The zero-order chi connectivity index (χ0) is 13.9. The minimum Gasteiger partial charge on any atom is -0.320 e. The zero-order valence-electron chi connectivity index (χ0n) is 11.0. The van der Waals surface area contributed by atoms with Crippen LogP contribution in [-0.2, 0) is 12.8 Å². The quantitative estimate of drug-likeness (QED) is 0.912. The third-order valence-corrected chi connectivity index (χ3v) is 4.75. The van der Waals surface area contributed by atoms with Crippen molar-refractivity contribution in [2.45, 2.75) is 25.7 Å². The fourth-order valence-electron chi connectivity index (χ4n) is 2.48. The van der Waals surface area contributed by atoms with E-state index < -0.39 is 0 Å². The number of para-hydroxylation sites is 1. The Hall–Kier alpha value is -2.12. The number of carbonyl (C=O) groups excluding carboxylic acids is 1. The predicted octanol–water partition coefficient (Wildman–Crippen LogP) is 3.75. The second-order valence-corrected chi connectivity index (χ2v) is 6.01. The zero-order valence-corrected chi connectivity index (χ0v) is 11.8. The Morgan fingerprint density at radius 2 is 2.05 bits per heavy atom. The average Bonchev–Trinajstić information content (AvgIpc) is 2.92. The van der Waals surface area contributed by atoms with Gasteiger partial charge in [-0.05, 0) is 49.4 Å². The highest BCUT2D eigenvalue weighted by Crippen LogP contribution is 2.30. The van der Waals surface area contributed by atoms with Crippen LogP contribution in [-0.4, -0.2) is 5.91 Å². The average molecular weight is 282 g/mol. The Morgan fingerprint density at radius 3 is 2.85 bits per heavy atom. The van der Waals surface area contributed by atoms with Crippen LogP contribution >= 0.6 is 11.3 Å². The first-order chi connectivity index (χ1) is 9.78. The number of benzene rings is 1. The lowest BCUT2D eigenvalue weighted by Gasteiger charge is -2.08. The summed E-state index contributed by atoms with van der Waals surface area (Å²) in [7, 11) is 0. The van der Waals surface area contributed by atoms with Gasteiger partial charge in [0, 0.05) is 4.88 Å². The Balaban J connectivity index is 1.83. The second-order valence-electron chi connectivity index (χ2n) is 4.88. The summed E-state index contributed by atoms with van der Waals surface area (Å²) in [6.45, 7) is 0. The molecule has 2 aromatic rings. The normalized spacial score (nSPS) is 13.3. The molecule has 0 atom stereocenters. The number of nitriles is 1. The largest absolute Gasteiger partial charge is 0.320 e. The molecule has 0 fully saturated rings. The third-order valence-electron chi connectivity index (χ3n) is 3.52. The number of thiophene rings is 1. The Bertz CT molecular complexity index is 673. The fraction of sp³-hybridized carbons (Fsp3) is 0.250. The van der Waals surface area contributed by atoms with E-state index in [2.05, 4.69) is 11.4 Å². The summed E-state index contributed by atoms with van der Waals surface area (Å²) in [5.74, 6) is -0.118. The first kappa shape index (κ1) is 12.9. The van der Waals surface area contributed by atoms with Crippen molar-refractivity contribution >= 4 is 22.9 Å². The summed E-state index contributed by atoms with van der Waals surface area (Å²) in [6, 6.07) is 11.2. The summed E-state index contributed by atoms with van der Waals surface area (Å²) in [5.41, 5.74) is 2.38. The van der Waals surface area contributed by atoms with E-state index in [-0.39, 0.29) is 5.91 Å². The maximum atomic E-state index is 12.3. The topological polar surface area (TPSA) is 52.9 Å². The fourth-order valence-corrected chi connectivity index (χ4v) is 3.62. The second kappa shape index (κ2) is 5.48. The molecule has 20 heavy (non-hydrogen) atoms. The Kier molecular flexibility index (Phi) is 3.53. The summed E-state index contributed by atoms with van der Waals surface area (Å²) in [4.78, 5) is 14.4. The minimum absolute atomic E-state index is 0.118. The highest BCUT2D eigenvalue weighted by Gasteiger charge is 2.17. The van der Waals surface area contributed by atoms with Crippen LogP contribution in [0.3, 0.4) is 0 Å². The molecule has 0 saturated heterocycles. The lowest BCUT2D eigenvalue weighted by molar-refractivity contribution is 0.103. The predicted molar refractivity (Wildman–Crippen MR) is 80.1 cm³/mol. The van der Waals surface area contributed by atoms with E-state index in [1.807, 2.05) is 12.1 Å². The number of fused-ring (bicyclic) bond motifs is 1. The van der Waals surface area contributed by atoms with Gasteiger partial charge in [-0.15, -0.1) is 11.3 Å². The number of amides is 1. The number of anilines is 1. The molecule has 0 radical (unpaired) electrons. The number of aryl methyl sites for hydroxylation is 2. The molecule has 1 aliphatic rings. The van der Waals surface area contributed by atoms with E-state index in [1.54, 1.807) is 29.5 Å². The van der Waals surface area contributed by atoms with Gasteiger partial charge in [-0.1, -0.05) is 12.1 Å². The number of nitrogens with one attached hydrogen (secondary N) is 1. The molecule has 4 heteroatoms. The molecule has 1 N–H and O–H groups in total. The number of nitrogens with zero attached hydrogens (tertiary/aromatic N) is 1. The summed E-state index contributed by atoms with van der Waals surface area (Å²) in [6.07, 6.45) is 4.59. The van der Waals surface area contributed by atoms with E-state index in [0.717, 1.165) is 17.7 Å². The van der Waals surface area contributed by atoms with Crippen LogP contribution in [0.1, 0.15) is 38.5 Å². The maximum absolute atomic E-state index is 12.3. The van der Waals surface area contributed by atoms with Gasteiger partial charge in [-0.2, -0.15) is 5.26 Å². The van der Waals surface area contributed by atoms with Crippen LogP contribution in [0.4, 0.5) is 5.69 Å². The molecule has 3 rings (SSSR count). The molecule has 100 valence electrons. The molecule has 0 aliphatic heterocycles. The molecule has 0 bridgehead atoms. The number of hydrogen-bond donors (Lipinski definition) is 1. The summed E-state index contributed by atoms with van der Waals surface area (Å²) < 4.78 is 0. The van der Waals surface area contributed by atoms with Gasteiger partial charge in [0.15, 0.2) is 0 Å². The summed E-state index contributed by atoms with van der Waals surface area (Å²) >= 11 is 1.58. The maximum Gasteiger partial charge on any atom is 0.265 e. The van der Waals surface area contributed by atoms with Crippen LogP contribution in [0.15, 0.2) is 30.3 Å². The standard InChI is InChI=1S/C16H14N2OS/c17-10-12-6-1-3-7-13(12)18-16(19)15-9-11-5-2-4-8-14(11)20-15/h1,3,6-7,9H,2,4-5,8H2,(H,18,19). The molecule has 0 unspecified atom stereocenters. The van der Waals surface area contributed by atoms with E-state index in [0.29, 0.717) is 11.3 Å². The number of rotatable bonds is 2. The lowest BCUT2D eigenvalue weighted by Crippen LogP contribution is -2.11. The third kappa shape index (κ3) is 2.45. The minimum atomic E-state index is -0.118. The monoisotopic (exact) mass is 282 g/mol. The van der Waals surface area contributed by atoms with Crippen molar-refractivity contribution in [3.8, 4) is 6.07 Å². The van der Waals surface area contributed by atoms with Gasteiger partial charge in [-0.25, -0.2) is 0 Å². The molecule has 0 spiro atoms. The van der Waals surface area contributed by atoms with Crippen LogP contribution in [0.25, 0.3) is 0 Å². The van der Waals surface area contributed by atoms with Crippen molar-refractivity contribution in [1.29, 1.82) is 5.26 Å². The van der Waals surface area contributed by atoms with E-state index in [1.165, 1.54) is 23.3 Å². The van der Waals surface area contributed by atoms with E-state index in [4.69, 9.17) is 5.26 Å². The molecule has 1 amide bonds. The van der Waals surface area contributed by atoms with Crippen LogP contribution in [0.5, 0.6) is 0 Å². The van der Waals surface area contributed by atoms with E-state index >= 15 is 0 Å². The SMILES string of the molecule is N#Cc1ccccc1NC(=O)c1cc2c(s1)CCCC2. The molecule has 1 heterocycles. The van der Waals surface area contributed by atoms with Gasteiger partial charge in [0.1, 0.15) is 6.07 Å². The molecule has 1 aromatic heterocycles. The Labute approximate surface area is 121 Å². The van der Waals surface area contributed by atoms with Crippen LogP contribution in [0, 0.1) is 11.3 Å². The van der Waals surface area contributed by atoms with Gasteiger partial charge in [0.25, 0.3) is 5.91 Å². The lowest BCUT2D eigenvalue weighted by atomic mass is 9.99. The van der Waals surface area contributed by atoms with Gasteiger partial charge >= 0.3 is 0 Å². The smallest absolute Gasteiger partial charge is 0.265 e. The van der Waals surface area contributed by atoms with Gasteiger partial charge in [0.05, 0.1) is 16.1 Å². The van der Waals surface area contributed by atoms with Crippen molar-refractivity contribution in [3.63, 3.8) is 0 Å². The van der Waals surface area contributed by atoms with Crippen LogP contribution in [0.2, 0.25) is 0 Å². The Morgan fingerprint density at radius 1 is 1.25 bits per heavy atom. The highest BCUT2D eigenvalue weighted by molar-refractivity contribution is 7.14. The molecule has 3 nitrogen and oxygen atoms in total. The molecular formula is C16H14N2OS. The van der Waals surface area contributed by atoms with Crippen molar-refractivity contribution in [1.82, 2.24) is 0 Å². The molecule has 1 aliphatic carbocycles. The number of carbonyl (C=O) groups is 1. The van der Waals surface area contributed by atoms with Crippen molar-refractivity contribution in [2.24, 2.45) is 0 Å². The van der Waals surface area contributed by atoms with Gasteiger partial charge in [-0.3, -0.25) is 4.79 Å². The molecule has 1 aromatic carbocycles. The van der Waals surface area contributed by atoms with Gasteiger partial charge in [0.2, 0.25) is 0 Å². The first-order valence-electron chi connectivity index (χ1n) is 6.70. The van der Waals surface area contributed by atoms with Crippen molar-refractivity contribution in [3.05, 3.63) is 51.2 Å². The molecular weight excluding hydrogens is 268 g/mol. The highest BCUT2D eigenvalue weighted by atomic mass is 32.1. The van der Waals surface area contributed by atoms with Crippen LogP contribution < -0.4 is 5.32 Å². The van der Waals surface area contributed by atoms with Crippen molar-refractivity contribution in [2.75, 3.05) is 5.32 Å². The molecule has 0 saturated carbocycles.